The van der Waals surface area contributed by atoms with E-state index in [1.165, 1.54) is 0 Å². The lowest BCUT2D eigenvalue weighted by Crippen LogP contribution is -2.39. The fourth-order valence-corrected chi connectivity index (χ4v) is 3.75. The summed E-state index contributed by atoms with van der Waals surface area (Å²) in [6.07, 6.45) is 3.64. The van der Waals surface area contributed by atoms with Crippen LogP contribution in [0.4, 0.5) is 8.78 Å². The van der Waals surface area contributed by atoms with Gasteiger partial charge in [0.2, 0.25) is 0 Å². The number of nitrogens with zero attached hydrogens (tertiary/aromatic N) is 1. The third-order valence-corrected chi connectivity index (χ3v) is 5.42. The molecule has 164 valence electrons. The largest absolute Gasteiger partial charge is 0.488 e. The van der Waals surface area contributed by atoms with E-state index < -0.39 is 13.0 Å². The minimum atomic E-state index is -2.51. The van der Waals surface area contributed by atoms with E-state index in [4.69, 9.17) is 9.47 Å². The number of halogens is 2. The molecule has 1 unspecified atom stereocenters. The first-order valence-electron chi connectivity index (χ1n) is 10.6. The monoisotopic (exact) mass is 420 g/mol. The second kappa shape index (κ2) is 10.6. The van der Waals surface area contributed by atoms with Crippen LogP contribution in [0.1, 0.15) is 43.7 Å². The minimum Gasteiger partial charge on any atom is -0.488 e. The molecule has 2 heterocycles. The molecule has 5 nitrogen and oxygen atoms in total. The number of ether oxygens (including phenoxy) is 2. The summed E-state index contributed by atoms with van der Waals surface area (Å²) in [6.45, 7) is 7.49. The van der Waals surface area contributed by atoms with Crippen molar-refractivity contribution in [3.63, 3.8) is 0 Å². The summed E-state index contributed by atoms with van der Waals surface area (Å²) in [6, 6.07) is 5.32. The lowest BCUT2D eigenvalue weighted by Gasteiger charge is -2.35. The molecule has 2 aliphatic rings. The molecule has 1 N–H and O–H groups in total. The number of hydrogen-bond acceptors (Lipinski definition) is 5. The van der Waals surface area contributed by atoms with Crippen molar-refractivity contribution in [2.45, 2.75) is 51.6 Å². The molecule has 1 saturated heterocycles. The molecule has 0 aromatic heterocycles. The van der Waals surface area contributed by atoms with Crippen molar-refractivity contribution in [2.24, 2.45) is 0 Å². The molecule has 0 spiro atoms. The van der Waals surface area contributed by atoms with E-state index in [0.717, 1.165) is 48.5 Å². The topological polar surface area (TPSA) is 50.8 Å². The van der Waals surface area contributed by atoms with Crippen molar-refractivity contribution < 1.29 is 23.0 Å². The fourth-order valence-electron chi connectivity index (χ4n) is 3.75. The maximum absolute atomic E-state index is 12.4. The summed E-state index contributed by atoms with van der Waals surface area (Å²) in [7, 11) is 0. The summed E-state index contributed by atoms with van der Waals surface area (Å²) >= 11 is 0. The lowest BCUT2D eigenvalue weighted by molar-refractivity contribution is -0.114. The van der Waals surface area contributed by atoms with Crippen LogP contribution in [0.15, 0.2) is 36.7 Å². The lowest BCUT2D eigenvalue weighted by atomic mass is 9.96. The second-order valence-electron chi connectivity index (χ2n) is 7.59. The molecule has 1 aromatic rings. The average molecular weight is 421 g/mol. The Labute approximate surface area is 176 Å². The molecule has 2 aliphatic heterocycles. The van der Waals surface area contributed by atoms with Gasteiger partial charge in [-0.2, -0.15) is 0 Å². The number of fused-ring (bicyclic) bond motifs is 1. The van der Waals surface area contributed by atoms with Gasteiger partial charge in [0.1, 0.15) is 18.2 Å². The van der Waals surface area contributed by atoms with E-state index >= 15 is 0 Å². The van der Waals surface area contributed by atoms with Crippen LogP contribution in [-0.4, -0.2) is 49.5 Å². The molecular formula is C23H30F2N2O3. The Hall–Kier alpha value is -2.41. The van der Waals surface area contributed by atoms with Gasteiger partial charge in [0.05, 0.1) is 6.10 Å². The number of ketones is 1. The van der Waals surface area contributed by atoms with E-state index in [-0.39, 0.29) is 11.9 Å². The van der Waals surface area contributed by atoms with Gasteiger partial charge in [-0.3, -0.25) is 4.79 Å². The molecule has 30 heavy (non-hydrogen) atoms. The van der Waals surface area contributed by atoms with Crippen LogP contribution in [0, 0.1) is 0 Å². The summed E-state index contributed by atoms with van der Waals surface area (Å²) in [5.74, 6) is 1.20. The number of hydrogen-bond donors (Lipinski definition) is 1. The molecule has 3 rings (SSSR count). The Kier molecular flexibility index (Phi) is 7.85. The Morgan fingerprint density at radius 3 is 2.97 bits per heavy atom. The molecular weight excluding hydrogens is 390 g/mol. The zero-order valence-electron chi connectivity index (χ0n) is 17.5. The predicted octanol–water partition coefficient (Wildman–Crippen LogP) is 4.14. The average Bonchev–Trinajstić information content (AvgIpc) is 2.76. The number of carbonyl (C=O) groups excluding carboxylic acids is 1. The summed E-state index contributed by atoms with van der Waals surface area (Å²) in [5.41, 5.74) is 2.69. The first-order valence-corrected chi connectivity index (χ1v) is 10.6. The Morgan fingerprint density at radius 2 is 2.27 bits per heavy atom. The van der Waals surface area contributed by atoms with E-state index in [0.29, 0.717) is 31.7 Å². The summed E-state index contributed by atoms with van der Waals surface area (Å²) in [5, 5.41) is 3.40. The van der Waals surface area contributed by atoms with E-state index in [2.05, 4.69) is 11.9 Å². The van der Waals surface area contributed by atoms with Crippen LogP contribution < -0.4 is 10.1 Å². The molecule has 0 saturated carbocycles. The number of rotatable bonds is 9. The Balaban J connectivity index is 1.74. The van der Waals surface area contributed by atoms with E-state index in [9.17, 15) is 13.6 Å². The first-order chi connectivity index (χ1) is 14.5. The van der Waals surface area contributed by atoms with Crippen LogP contribution >= 0.6 is 0 Å². The van der Waals surface area contributed by atoms with Gasteiger partial charge in [-0.1, -0.05) is 13.5 Å². The van der Waals surface area contributed by atoms with Crippen LogP contribution in [-0.2, 0) is 16.0 Å². The van der Waals surface area contributed by atoms with Crippen molar-refractivity contribution in [2.75, 3.05) is 26.3 Å². The molecule has 1 fully saturated rings. The molecule has 1 atom stereocenters. The highest BCUT2D eigenvalue weighted by Crippen LogP contribution is 2.32. The highest BCUT2D eigenvalue weighted by atomic mass is 19.3. The van der Waals surface area contributed by atoms with Crippen molar-refractivity contribution in [1.29, 1.82) is 0 Å². The third-order valence-electron chi connectivity index (χ3n) is 5.42. The number of carbonyl (C=O) groups is 1. The standard InChI is InChI=1S/C23H30F2N2O3/c1-3-18(28)13-23(26-14-20-6-4-5-11-29-20)27-10-9-17-12-19(30-15-22(24)25)7-8-21(17)16(27)2/h7-8,12-13,20,22,26H,2-6,9-11,14-15H2,1H3/b23-13-. The quantitative estimate of drug-likeness (QED) is 0.609. The van der Waals surface area contributed by atoms with Crippen LogP contribution in [0.2, 0.25) is 0 Å². The molecule has 7 heteroatoms. The van der Waals surface area contributed by atoms with Gasteiger partial charge in [0.15, 0.2) is 5.78 Å². The van der Waals surface area contributed by atoms with Crippen LogP contribution in [0.3, 0.4) is 0 Å². The predicted molar refractivity (Wildman–Crippen MR) is 112 cm³/mol. The molecule has 0 bridgehead atoms. The van der Waals surface area contributed by atoms with Crippen LogP contribution in [0.5, 0.6) is 5.75 Å². The summed E-state index contributed by atoms with van der Waals surface area (Å²) in [4.78, 5) is 14.2. The highest BCUT2D eigenvalue weighted by molar-refractivity contribution is 5.90. The summed E-state index contributed by atoms with van der Waals surface area (Å²) < 4.78 is 35.8. The minimum absolute atomic E-state index is 0.0383. The first kappa shape index (κ1) is 22.3. The van der Waals surface area contributed by atoms with Gasteiger partial charge >= 0.3 is 0 Å². The zero-order valence-corrected chi connectivity index (χ0v) is 17.5. The smallest absolute Gasteiger partial charge is 0.272 e. The number of benzene rings is 1. The van der Waals surface area contributed by atoms with Gasteiger partial charge < -0.3 is 19.7 Å². The number of nitrogens with one attached hydrogen (secondary N) is 1. The van der Waals surface area contributed by atoms with Crippen molar-refractivity contribution in [3.05, 3.63) is 47.8 Å². The van der Waals surface area contributed by atoms with Gasteiger partial charge in [0.25, 0.3) is 6.43 Å². The molecule has 1 aromatic carbocycles. The van der Waals surface area contributed by atoms with Gasteiger partial charge in [-0.05, 0) is 49.4 Å². The normalized spacial score (nSPS) is 19.6. The highest BCUT2D eigenvalue weighted by Gasteiger charge is 2.24. The molecule has 0 amide bonds. The molecule has 0 aliphatic carbocycles. The number of allylic oxidation sites excluding steroid dienone is 1. The fraction of sp³-hybridized carbons (Fsp3) is 0.522. The number of alkyl halides is 2. The third kappa shape index (κ3) is 5.81. The molecule has 0 radical (unpaired) electrons. The van der Waals surface area contributed by atoms with Gasteiger partial charge in [0, 0.05) is 43.5 Å². The van der Waals surface area contributed by atoms with Gasteiger partial charge in [-0.15, -0.1) is 0 Å². The second-order valence-corrected chi connectivity index (χ2v) is 7.59. The zero-order chi connectivity index (χ0) is 21.5. The van der Waals surface area contributed by atoms with Crippen molar-refractivity contribution in [3.8, 4) is 5.75 Å². The maximum Gasteiger partial charge on any atom is 0.272 e. The van der Waals surface area contributed by atoms with E-state index in [1.54, 1.807) is 18.2 Å². The van der Waals surface area contributed by atoms with E-state index in [1.807, 2.05) is 17.9 Å². The van der Waals surface area contributed by atoms with Crippen LogP contribution in [0.25, 0.3) is 5.70 Å². The Bertz CT molecular complexity index is 789. The van der Waals surface area contributed by atoms with Crippen molar-refractivity contribution >= 4 is 11.5 Å². The Morgan fingerprint density at radius 1 is 1.43 bits per heavy atom. The SMILES string of the molecule is C=C1c2ccc(OCC(F)F)cc2CCN1/C(=C\C(=O)CC)NCC1CCCCO1. The van der Waals surface area contributed by atoms with Gasteiger partial charge in [-0.25, -0.2) is 8.78 Å². The maximum atomic E-state index is 12.4. The van der Waals surface area contributed by atoms with Crippen molar-refractivity contribution in [1.82, 2.24) is 10.2 Å².